The number of aromatic nitrogens is 3. The van der Waals surface area contributed by atoms with Gasteiger partial charge in [0.25, 0.3) is 5.91 Å². The Labute approximate surface area is 176 Å². The Morgan fingerprint density at radius 2 is 2.03 bits per heavy atom. The standard InChI is InChI=1S/C21H19FN4O3S/c1-28-17-6-3-7-18(11-17)29-12-19(27)23-9-8-16-13-30-21-24-20(25-26(16)21)14-4-2-5-15(22)10-14/h2-7,10-11,13H,8-9,12H2,1H3,(H,23,27). The summed E-state index contributed by atoms with van der Waals surface area (Å²) < 4.78 is 25.8. The maximum absolute atomic E-state index is 13.4. The van der Waals surface area contributed by atoms with Gasteiger partial charge in [-0.1, -0.05) is 18.2 Å². The SMILES string of the molecule is COc1cccc(OCC(=O)NCCc2csc3nc(-c4cccc(F)c4)nn23)c1. The van der Waals surface area contributed by atoms with Crippen LogP contribution in [0.4, 0.5) is 4.39 Å². The molecule has 0 bridgehead atoms. The van der Waals surface area contributed by atoms with Crippen LogP contribution >= 0.6 is 11.3 Å². The minimum atomic E-state index is -0.329. The molecule has 4 rings (SSSR count). The van der Waals surface area contributed by atoms with E-state index >= 15 is 0 Å². The van der Waals surface area contributed by atoms with E-state index in [0.29, 0.717) is 35.9 Å². The van der Waals surface area contributed by atoms with Crippen molar-refractivity contribution in [3.8, 4) is 22.9 Å². The summed E-state index contributed by atoms with van der Waals surface area (Å²) in [5.74, 6) is 1.16. The van der Waals surface area contributed by atoms with Gasteiger partial charge in [0.05, 0.1) is 12.8 Å². The molecule has 154 valence electrons. The Kier molecular flexibility index (Phi) is 5.89. The number of nitrogens with one attached hydrogen (secondary N) is 1. The maximum atomic E-state index is 13.4. The van der Waals surface area contributed by atoms with E-state index < -0.39 is 0 Å². The van der Waals surface area contributed by atoms with Gasteiger partial charge in [0.2, 0.25) is 4.96 Å². The highest BCUT2D eigenvalue weighted by Gasteiger charge is 2.12. The van der Waals surface area contributed by atoms with E-state index in [-0.39, 0.29) is 18.3 Å². The van der Waals surface area contributed by atoms with Gasteiger partial charge in [0.1, 0.15) is 17.3 Å². The Bertz CT molecular complexity index is 1170. The Balaban J connectivity index is 1.32. The predicted molar refractivity (Wildman–Crippen MR) is 111 cm³/mol. The molecule has 0 fully saturated rings. The molecule has 1 amide bonds. The lowest BCUT2D eigenvalue weighted by molar-refractivity contribution is -0.123. The molecule has 0 unspecified atom stereocenters. The monoisotopic (exact) mass is 426 g/mol. The number of ether oxygens (including phenoxy) is 2. The van der Waals surface area contributed by atoms with Crippen LogP contribution in [0.25, 0.3) is 16.3 Å². The molecule has 7 nitrogen and oxygen atoms in total. The second kappa shape index (κ2) is 8.91. The zero-order chi connectivity index (χ0) is 20.9. The fourth-order valence-electron chi connectivity index (χ4n) is 2.87. The van der Waals surface area contributed by atoms with Gasteiger partial charge in [-0.3, -0.25) is 4.79 Å². The Hall–Kier alpha value is -3.46. The first-order chi connectivity index (χ1) is 14.6. The van der Waals surface area contributed by atoms with Crippen molar-refractivity contribution in [1.29, 1.82) is 0 Å². The number of halogens is 1. The van der Waals surface area contributed by atoms with Crippen molar-refractivity contribution in [3.05, 3.63) is 65.4 Å². The number of methoxy groups -OCH3 is 1. The average molecular weight is 426 g/mol. The highest BCUT2D eigenvalue weighted by atomic mass is 32.1. The minimum Gasteiger partial charge on any atom is -0.497 e. The predicted octanol–water partition coefficient (Wildman–Crippen LogP) is 3.34. The molecule has 0 saturated carbocycles. The second-order valence-corrected chi connectivity index (χ2v) is 7.27. The first-order valence-electron chi connectivity index (χ1n) is 9.25. The van der Waals surface area contributed by atoms with Gasteiger partial charge >= 0.3 is 0 Å². The lowest BCUT2D eigenvalue weighted by atomic mass is 10.2. The number of nitrogens with zero attached hydrogens (tertiary/aromatic N) is 3. The molecule has 4 aromatic rings. The third-order valence-electron chi connectivity index (χ3n) is 4.35. The molecule has 0 atom stereocenters. The van der Waals surface area contributed by atoms with E-state index in [9.17, 15) is 9.18 Å². The number of carbonyl (C=O) groups is 1. The zero-order valence-corrected chi connectivity index (χ0v) is 17.0. The molecule has 2 heterocycles. The van der Waals surface area contributed by atoms with Gasteiger partial charge in [-0.2, -0.15) is 4.98 Å². The topological polar surface area (TPSA) is 77.8 Å². The molecule has 9 heteroatoms. The van der Waals surface area contributed by atoms with Gasteiger partial charge < -0.3 is 14.8 Å². The van der Waals surface area contributed by atoms with Crippen LogP contribution in [-0.4, -0.2) is 40.8 Å². The van der Waals surface area contributed by atoms with Crippen molar-refractivity contribution in [2.75, 3.05) is 20.3 Å². The maximum Gasteiger partial charge on any atom is 0.257 e. The minimum absolute atomic E-state index is 0.0841. The average Bonchev–Trinajstić information content (AvgIpc) is 3.34. The number of hydrogen-bond donors (Lipinski definition) is 1. The van der Waals surface area contributed by atoms with Crippen molar-refractivity contribution in [3.63, 3.8) is 0 Å². The summed E-state index contributed by atoms with van der Waals surface area (Å²) in [6.07, 6.45) is 0.580. The Morgan fingerprint density at radius 3 is 2.87 bits per heavy atom. The largest absolute Gasteiger partial charge is 0.497 e. The quantitative estimate of drug-likeness (QED) is 0.468. The summed E-state index contributed by atoms with van der Waals surface area (Å²) in [4.78, 5) is 17.2. The van der Waals surface area contributed by atoms with Crippen LogP contribution in [0.15, 0.2) is 53.9 Å². The summed E-state index contributed by atoms with van der Waals surface area (Å²) in [5, 5.41) is 9.25. The van der Waals surface area contributed by atoms with Crippen LogP contribution in [0.3, 0.4) is 0 Å². The molecular weight excluding hydrogens is 407 g/mol. The number of fused-ring (bicyclic) bond motifs is 1. The van der Waals surface area contributed by atoms with Crippen LogP contribution in [-0.2, 0) is 11.2 Å². The summed E-state index contributed by atoms with van der Waals surface area (Å²) in [5.41, 5.74) is 1.54. The lowest BCUT2D eigenvalue weighted by Crippen LogP contribution is -2.30. The van der Waals surface area contributed by atoms with E-state index in [1.54, 1.807) is 48.0 Å². The third-order valence-corrected chi connectivity index (χ3v) is 5.21. The summed E-state index contributed by atoms with van der Waals surface area (Å²) in [6.45, 7) is 0.348. The van der Waals surface area contributed by atoms with Crippen LogP contribution in [0, 0.1) is 5.82 Å². The highest BCUT2D eigenvalue weighted by molar-refractivity contribution is 7.15. The van der Waals surface area contributed by atoms with Crippen molar-refractivity contribution in [1.82, 2.24) is 19.9 Å². The second-order valence-electron chi connectivity index (χ2n) is 6.43. The number of thiazole rings is 1. The van der Waals surface area contributed by atoms with Crippen molar-refractivity contribution < 1.29 is 18.7 Å². The summed E-state index contributed by atoms with van der Waals surface area (Å²) >= 11 is 1.45. The van der Waals surface area contributed by atoms with E-state index in [1.165, 1.54) is 23.5 Å². The number of hydrogen-bond acceptors (Lipinski definition) is 6. The molecule has 0 saturated heterocycles. The first kappa shape index (κ1) is 19.8. The summed E-state index contributed by atoms with van der Waals surface area (Å²) in [7, 11) is 1.57. The van der Waals surface area contributed by atoms with Gasteiger partial charge in [-0.15, -0.1) is 16.4 Å². The van der Waals surface area contributed by atoms with E-state index in [4.69, 9.17) is 9.47 Å². The van der Waals surface area contributed by atoms with Crippen molar-refractivity contribution in [2.24, 2.45) is 0 Å². The molecule has 0 radical (unpaired) electrons. The molecule has 2 aromatic carbocycles. The van der Waals surface area contributed by atoms with Gasteiger partial charge in [0.15, 0.2) is 12.4 Å². The number of rotatable bonds is 8. The number of benzene rings is 2. The van der Waals surface area contributed by atoms with Gasteiger partial charge in [-0.25, -0.2) is 8.91 Å². The first-order valence-corrected chi connectivity index (χ1v) is 10.1. The highest BCUT2D eigenvalue weighted by Crippen LogP contribution is 2.22. The van der Waals surface area contributed by atoms with Crippen LogP contribution in [0.2, 0.25) is 0 Å². The fraction of sp³-hybridized carbons (Fsp3) is 0.190. The normalized spacial score (nSPS) is 10.9. The van der Waals surface area contributed by atoms with Crippen LogP contribution < -0.4 is 14.8 Å². The van der Waals surface area contributed by atoms with Crippen molar-refractivity contribution in [2.45, 2.75) is 6.42 Å². The molecule has 0 spiro atoms. The molecule has 0 aliphatic heterocycles. The van der Waals surface area contributed by atoms with Crippen LogP contribution in [0.1, 0.15) is 5.69 Å². The van der Waals surface area contributed by atoms with E-state index in [1.807, 2.05) is 5.38 Å². The van der Waals surface area contributed by atoms with Gasteiger partial charge in [-0.05, 0) is 24.3 Å². The van der Waals surface area contributed by atoms with Gasteiger partial charge in [0, 0.05) is 30.0 Å². The molecule has 2 aromatic heterocycles. The Morgan fingerprint density at radius 1 is 1.20 bits per heavy atom. The fourth-order valence-corrected chi connectivity index (χ4v) is 3.72. The number of carbonyl (C=O) groups excluding carboxylic acids is 1. The van der Waals surface area contributed by atoms with E-state index in [0.717, 1.165) is 10.7 Å². The van der Waals surface area contributed by atoms with E-state index in [2.05, 4.69) is 15.4 Å². The number of amides is 1. The molecular formula is C21H19FN4O3S. The molecule has 0 aliphatic carbocycles. The molecule has 30 heavy (non-hydrogen) atoms. The van der Waals surface area contributed by atoms with Crippen molar-refractivity contribution >= 4 is 22.2 Å². The van der Waals surface area contributed by atoms with Crippen LogP contribution in [0.5, 0.6) is 11.5 Å². The third kappa shape index (κ3) is 4.57. The summed E-state index contributed by atoms with van der Waals surface area (Å²) in [6, 6.07) is 13.3. The smallest absolute Gasteiger partial charge is 0.257 e. The zero-order valence-electron chi connectivity index (χ0n) is 16.2. The molecule has 0 aliphatic rings. The molecule has 1 N–H and O–H groups in total. The lowest BCUT2D eigenvalue weighted by Gasteiger charge is -2.08.